The number of phenols is 2. The van der Waals surface area contributed by atoms with Crippen LogP contribution >= 0.6 is 0 Å². The predicted octanol–water partition coefficient (Wildman–Crippen LogP) is 1.97. The summed E-state index contributed by atoms with van der Waals surface area (Å²) in [6.45, 7) is 13.2. The third kappa shape index (κ3) is 9.55. The minimum atomic E-state index is -1.52. The normalized spacial score (nSPS) is 14.6. The fraction of sp³-hybridized carbons (Fsp3) is 0.438. The summed E-state index contributed by atoms with van der Waals surface area (Å²) in [6.07, 6.45) is -1.52. The number of amides is 3. The molecule has 0 bridgehead atoms. The fourth-order valence-electron chi connectivity index (χ4n) is 4.82. The molecule has 0 radical (unpaired) electrons. The smallest absolute Gasteiger partial charge is 0.261 e. The van der Waals surface area contributed by atoms with Crippen molar-refractivity contribution in [3.8, 4) is 11.5 Å². The van der Waals surface area contributed by atoms with Crippen LogP contribution in [0.2, 0.25) is 0 Å². The van der Waals surface area contributed by atoms with E-state index >= 15 is 0 Å². The lowest BCUT2D eigenvalue weighted by Gasteiger charge is -2.36. The van der Waals surface area contributed by atoms with Crippen LogP contribution in [0.5, 0.6) is 11.5 Å². The SMILES string of the molecule is C=C(c1ccc(O)c(O)c1)N(C[C@H](O)C(C(=O)[C@@H](NC(C)=O)C(C)C)C(N)c1ccccc1)NC(=O)[C@@H](NC(C)=O)C(C)C. The number of nitrogens with zero attached hydrogens (tertiary/aromatic N) is 1. The molecule has 0 aromatic heterocycles. The van der Waals surface area contributed by atoms with Gasteiger partial charge in [-0.15, -0.1) is 0 Å². The summed E-state index contributed by atoms with van der Waals surface area (Å²) in [5.74, 6) is -4.70. The minimum absolute atomic E-state index is 0.0970. The van der Waals surface area contributed by atoms with Gasteiger partial charge in [0, 0.05) is 25.5 Å². The van der Waals surface area contributed by atoms with E-state index in [1.807, 2.05) is 0 Å². The maximum absolute atomic E-state index is 14.0. The largest absolute Gasteiger partial charge is 0.504 e. The number of benzene rings is 2. The molecule has 0 aliphatic heterocycles. The second-order valence-electron chi connectivity index (χ2n) is 11.5. The Hall–Kier alpha value is -4.42. The van der Waals surface area contributed by atoms with Gasteiger partial charge in [-0.25, -0.2) is 0 Å². The number of ketones is 1. The average Bonchev–Trinajstić information content (AvgIpc) is 2.95. The number of Topliss-reactive ketones (excluding diaryl/α,β-unsaturated/α-hetero) is 1. The molecule has 2 aromatic rings. The van der Waals surface area contributed by atoms with E-state index in [4.69, 9.17) is 5.73 Å². The lowest BCUT2D eigenvalue weighted by atomic mass is 9.80. The molecular formula is C32H45N5O7. The van der Waals surface area contributed by atoms with Crippen LogP contribution in [0.1, 0.15) is 58.7 Å². The Morgan fingerprint density at radius 3 is 1.91 bits per heavy atom. The molecule has 2 rings (SSSR count). The molecule has 0 aliphatic carbocycles. The van der Waals surface area contributed by atoms with Gasteiger partial charge in [0.15, 0.2) is 17.3 Å². The van der Waals surface area contributed by atoms with Crippen LogP contribution < -0.4 is 21.8 Å². The Balaban J connectivity index is 2.59. The van der Waals surface area contributed by atoms with Crippen LogP contribution in [0.4, 0.5) is 0 Å². The third-order valence-electron chi connectivity index (χ3n) is 7.20. The summed E-state index contributed by atoms with van der Waals surface area (Å²) in [5.41, 5.74) is 10.2. The number of hydrazine groups is 1. The molecule has 2 unspecified atom stereocenters. The van der Waals surface area contributed by atoms with E-state index < -0.39 is 65.9 Å². The highest BCUT2D eigenvalue weighted by molar-refractivity contribution is 5.91. The average molecular weight is 612 g/mol. The first-order valence-electron chi connectivity index (χ1n) is 14.4. The summed E-state index contributed by atoms with van der Waals surface area (Å²) in [6, 6.07) is 9.70. The van der Waals surface area contributed by atoms with E-state index in [2.05, 4.69) is 22.6 Å². The van der Waals surface area contributed by atoms with Gasteiger partial charge in [0.2, 0.25) is 11.8 Å². The molecule has 240 valence electrons. The number of nitrogens with two attached hydrogens (primary N) is 1. The van der Waals surface area contributed by atoms with Gasteiger partial charge >= 0.3 is 0 Å². The second kappa shape index (κ2) is 15.9. The van der Waals surface area contributed by atoms with Gasteiger partial charge in [-0.3, -0.25) is 29.6 Å². The number of aliphatic hydroxyl groups excluding tert-OH is 1. The lowest BCUT2D eigenvalue weighted by Crippen LogP contribution is -2.57. The number of aromatic hydroxyl groups is 2. The van der Waals surface area contributed by atoms with Crippen LogP contribution in [-0.4, -0.2) is 68.6 Å². The van der Waals surface area contributed by atoms with Crippen molar-refractivity contribution in [3.63, 3.8) is 0 Å². The Kier molecular flexibility index (Phi) is 12.9. The summed E-state index contributed by atoms with van der Waals surface area (Å²) in [5, 5.41) is 38.1. The molecule has 0 spiro atoms. The second-order valence-corrected chi connectivity index (χ2v) is 11.5. The molecule has 0 aliphatic rings. The van der Waals surface area contributed by atoms with Gasteiger partial charge in [-0.1, -0.05) is 64.6 Å². The molecular weight excluding hydrogens is 566 g/mol. The van der Waals surface area contributed by atoms with Gasteiger partial charge in [0.05, 0.1) is 30.3 Å². The highest BCUT2D eigenvalue weighted by Crippen LogP contribution is 2.31. The maximum Gasteiger partial charge on any atom is 0.261 e. The van der Waals surface area contributed by atoms with E-state index in [1.54, 1.807) is 58.0 Å². The monoisotopic (exact) mass is 611 g/mol. The summed E-state index contributed by atoms with van der Waals surface area (Å²) in [4.78, 5) is 51.3. The van der Waals surface area contributed by atoms with Gasteiger partial charge in [0.25, 0.3) is 5.91 Å². The van der Waals surface area contributed by atoms with Crippen molar-refractivity contribution in [2.24, 2.45) is 23.5 Å². The zero-order valence-corrected chi connectivity index (χ0v) is 26.1. The Morgan fingerprint density at radius 1 is 0.864 bits per heavy atom. The third-order valence-corrected chi connectivity index (χ3v) is 7.20. The van der Waals surface area contributed by atoms with Gasteiger partial charge in [0.1, 0.15) is 6.04 Å². The Labute approximate surface area is 258 Å². The number of carbonyl (C=O) groups is 4. The highest BCUT2D eigenvalue weighted by atomic mass is 16.3. The molecule has 0 saturated heterocycles. The van der Waals surface area contributed by atoms with Crippen LogP contribution in [0.25, 0.3) is 5.70 Å². The molecule has 8 N–H and O–H groups in total. The molecule has 0 saturated carbocycles. The van der Waals surface area contributed by atoms with E-state index in [9.17, 15) is 34.5 Å². The van der Waals surface area contributed by atoms with Crippen LogP contribution in [0.3, 0.4) is 0 Å². The number of nitrogens with one attached hydrogen (secondary N) is 3. The minimum Gasteiger partial charge on any atom is -0.504 e. The number of phenolic OH excluding ortho intramolecular Hbond substituents is 2. The van der Waals surface area contributed by atoms with Crippen molar-refractivity contribution in [1.82, 2.24) is 21.1 Å². The molecule has 0 heterocycles. The van der Waals surface area contributed by atoms with Crippen molar-refractivity contribution in [1.29, 1.82) is 0 Å². The van der Waals surface area contributed by atoms with Crippen molar-refractivity contribution in [2.75, 3.05) is 6.54 Å². The zero-order valence-electron chi connectivity index (χ0n) is 26.1. The van der Waals surface area contributed by atoms with Crippen molar-refractivity contribution < 1.29 is 34.5 Å². The molecule has 12 nitrogen and oxygen atoms in total. The van der Waals surface area contributed by atoms with Crippen molar-refractivity contribution >= 4 is 29.2 Å². The van der Waals surface area contributed by atoms with E-state index in [1.165, 1.54) is 37.1 Å². The van der Waals surface area contributed by atoms with Crippen LogP contribution in [-0.2, 0) is 19.2 Å². The number of hydrogen-bond donors (Lipinski definition) is 7. The van der Waals surface area contributed by atoms with E-state index in [0.717, 1.165) is 0 Å². The van der Waals surface area contributed by atoms with Crippen molar-refractivity contribution in [2.45, 2.75) is 65.8 Å². The molecule has 5 atom stereocenters. The first-order valence-corrected chi connectivity index (χ1v) is 14.4. The van der Waals surface area contributed by atoms with Crippen molar-refractivity contribution in [3.05, 3.63) is 66.2 Å². The topological polar surface area (TPSA) is 194 Å². The quantitative estimate of drug-likeness (QED) is 0.116. The number of hydrogen-bond acceptors (Lipinski definition) is 9. The summed E-state index contributed by atoms with van der Waals surface area (Å²) >= 11 is 0. The molecule has 0 fully saturated rings. The van der Waals surface area contributed by atoms with E-state index in [-0.39, 0.29) is 28.8 Å². The first kappa shape index (κ1) is 35.8. The van der Waals surface area contributed by atoms with Crippen LogP contribution in [0, 0.1) is 17.8 Å². The molecule has 3 amide bonds. The zero-order chi connectivity index (χ0) is 33.3. The Bertz CT molecular complexity index is 1330. The molecule has 44 heavy (non-hydrogen) atoms. The first-order chi connectivity index (χ1) is 20.5. The highest BCUT2D eigenvalue weighted by Gasteiger charge is 2.40. The predicted molar refractivity (Wildman–Crippen MR) is 166 cm³/mol. The van der Waals surface area contributed by atoms with Gasteiger partial charge in [-0.05, 0) is 35.6 Å². The summed E-state index contributed by atoms with van der Waals surface area (Å²) < 4.78 is 0. The molecule has 12 heteroatoms. The maximum atomic E-state index is 14.0. The lowest BCUT2D eigenvalue weighted by molar-refractivity contribution is -0.135. The molecule has 2 aromatic carbocycles. The standard InChI is InChI=1S/C32H45N5O7/c1-17(2)29(34-20(6)38)31(43)27(28(33)22-11-9-8-10-12-22)26(42)16-37(19(5)23-13-14-24(40)25(41)15-23)36-32(44)30(18(3)4)35-21(7)39/h8-15,17-18,26-30,40-42H,5,16,33H2,1-4,6-7H3,(H,34,38)(H,35,39)(H,36,44)/t26-,27?,28?,29-,30-/m0/s1. The van der Waals surface area contributed by atoms with Crippen LogP contribution in [0.15, 0.2) is 55.1 Å². The van der Waals surface area contributed by atoms with Gasteiger partial charge < -0.3 is 31.7 Å². The fourth-order valence-corrected chi connectivity index (χ4v) is 4.82. The number of aliphatic hydroxyl groups is 1. The van der Waals surface area contributed by atoms with Gasteiger partial charge in [-0.2, -0.15) is 0 Å². The number of rotatable bonds is 15. The number of carbonyl (C=O) groups excluding carboxylic acids is 4. The Morgan fingerprint density at radius 2 is 1.41 bits per heavy atom. The summed E-state index contributed by atoms with van der Waals surface area (Å²) in [7, 11) is 0. The van der Waals surface area contributed by atoms with E-state index in [0.29, 0.717) is 5.56 Å².